The summed E-state index contributed by atoms with van der Waals surface area (Å²) in [5, 5.41) is 2.61. The molecule has 0 atom stereocenters. The topological polar surface area (TPSA) is 43.1 Å². The highest BCUT2D eigenvalue weighted by atomic mass is 16.2. The Hall–Kier alpha value is -0.860. The van der Waals surface area contributed by atoms with Crippen molar-refractivity contribution in [1.82, 2.24) is 5.32 Å². The molecule has 0 unspecified atom stereocenters. The van der Waals surface area contributed by atoms with Gasteiger partial charge in [-0.1, -0.05) is 14.9 Å². The molecule has 0 heterocycles. The van der Waals surface area contributed by atoms with Crippen molar-refractivity contribution < 1.29 is 9.79 Å². The number of unbranched alkanes of at least 4 members (excludes halogenated alkanes) is 2. The summed E-state index contributed by atoms with van der Waals surface area (Å²) in [6.07, 6.45) is 6.00. The summed E-state index contributed by atoms with van der Waals surface area (Å²) in [4.78, 5) is 12.7. The quantitative estimate of drug-likeness (QED) is 0.255. The molecule has 0 rings (SSSR count). The second-order valence-corrected chi connectivity index (χ2v) is 2.06. The van der Waals surface area contributed by atoms with Gasteiger partial charge in [-0.15, -0.1) is 0 Å². The van der Waals surface area contributed by atoms with E-state index in [2.05, 4.69) is 10.3 Å². The zero-order valence-corrected chi connectivity index (χ0v) is 6.39. The maximum Gasteiger partial charge on any atom is 0.207 e. The third kappa shape index (κ3) is 16.1. The minimum Gasteiger partial charge on any atom is -0.359 e. The highest BCUT2D eigenvalue weighted by molar-refractivity contribution is 5.49. The van der Waals surface area contributed by atoms with E-state index in [0.29, 0.717) is 0 Å². The van der Waals surface area contributed by atoms with Crippen LogP contribution in [0.2, 0.25) is 0 Å². The van der Waals surface area contributed by atoms with Crippen LogP contribution < -0.4 is 10.3 Å². The molecule has 0 aliphatic heterocycles. The highest BCUT2D eigenvalue weighted by Gasteiger charge is 1.85. The van der Waals surface area contributed by atoms with Crippen molar-refractivity contribution in [2.75, 3.05) is 13.6 Å². The Kier molecular flexibility index (Phi) is 23.9. The second-order valence-electron chi connectivity index (χ2n) is 2.06. The van der Waals surface area contributed by atoms with Gasteiger partial charge in [0.2, 0.25) is 6.41 Å². The van der Waals surface area contributed by atoms with Gasteiger partial charge in [-0.3, -0.25) is 9.79 Å². The van der Waals surface area contributed by atoms with Crippen LogP contribution in [0.5, 0.6) is 0 Å². The van der Waals surface area contributed by atoms with Crippen molar-refractivity contribution in [2.45, 2.75) is 34.1 Å². The molecule has 0 spiro atoms. The molecule has 1 amide bonds. The van der Waals surface area contributed by atoms with Crippen molar-refractivity contribution in [1.29, 1.82) is 0 Å². The number of rotatable bonds is 6. The van der Waals surface area contributed by atoms with Crippen LogP contribution in [0.1, 0.15) is 34.1 Å². The van der Waals surface area contributed by atoms with Crippen LogP contribution in [0.3, 0.4) is 0 Å². The number of hydrogen-bond donors (Lipinski definition) is 2. The number of amides is 1. The summed E-state index contributed by atoms with van der Waals surface area (Å²) in [5.41, 5.74) is 0. The molecule has 0 saturated heterocycles. The molecule has 3 nitrogen and oxygen atoms in total. The molecule has 0 bridgehead atoms. The Labute approximate surface area is 76.3 Å². The van der Waals surface area contributed by atoms with E-state index >= 15 is 0 Å². The van der Waals surface area contributed by atoms with Gasteiger partial charge < -0.3 is 5.32 Å². The van der Waals surface area contributed by atoms with Gasteiger partial charge in [-0.05, 0) is 12.8 Å². The first kappa shape index (κ1) is 17.3. The van der Waals surface area contributed by atoms with Gasteiger partial charge in [-0.25, -0.2) is 0 Å². The first-order valence-corrected chi connectivity index (χ1v) is 3.57. The molecule has 0 aromatic rings. The first-order valence-electron chi connectivity index (χ1n) is 3.57. The highest BCUT2D eigenvalue weighted by Crippen LogP contribution is 1.87. The number of carbonyl (C=O) groups is 1. The van der Waals surface area contributed by atoms with E-state index in [1.807, 2.05) is 13.3 Å². The van der Waals surface area contributed by atoms with Crippen molar-refractivity contribution in [3.05, 3.63) is 0 Å². The lowest BCUT2D eigenvalue weighted by Gasteiger charge is -1.93. The van der Waals surface area contributed by atoms with Crippen molar-refractivity contribution in [3.63, 3.8) is 0 Å². The normalized spacial score (nSPS) is 8.42. The van der Waals surface area contributed by atoms with Crippen LogP contribution in [-0.2, 0) is 4.79 Å². The molecule has 0 radical (unpaired) electrons. The molecule has 0 fully saturated rings. The second kappa shape index (κ2) is 16.6. The Morgan fingerprint density at radius 2 is 2.00 bits per heavy atom. The van der Waals surface area contributed by atoms with Gasteiger partial charge in [0.25, 0.3) is 0 Å². The Morgan fingerprint density at radius 3 is 2.50 bits per heavy atom. The maximum absolute atomic E-state index is 9.76. The fourth-order valence-electron chi connectivity index (χ4n) is 0.677. The summed E-state index contributed by atoms with van der Waals surface area (Å²) in [7, 11) is 1.89. The third-order valence-corrected chi connectivity index (χ3v) is 1.21. The van der Waals surface area contributed by atoms with Gasteiger partial charge in [-0.2, -0.15) is 0 Å². The van der Waals surface area contributed by atoms with Crippen LogP contribution in [0.15, 0.2) is 0 Å². The Balaban J connectivity index is -0.000000405. The zero-order chi connectivity index (χ0) is 7.66. The summed E-state index contributed by atoms with van der Waals surface area (Å²) in [5.74, 6) is 0. The van der Waals surface area contributed by atoms with Crippen LogP contribution in [-0.4, -0.2) is 26.2 Å². The van der Waals surface area contributed by atoms with Gasteiger partial charge in [0.1, 0.15) is 13.3 Å². The van der Waals surface area contributed by atoms with Crippen molar-refractivity contribution in [3.8, 4) is 0 Å². The Morgan fingerprint density at radius 1 is 1.33 bits per heavy atom. The molecule has 0 aliphatic rings. The van der Waals surface area contributed by atoms with Crippen molar-refractivity contribution in [2.24, 2.45) is 0 Å². The van der Waals surface area contributed by atoms with Crippen LogP contribution >= 0.6 is 0 Å². The molecule has 2 N–H and O–H groups in total. The smallest absolute Gasteiger partial charge is 0.207 e. The van der Waals surface area contributed by atoms with E-state index in [0.717, 1.165) is 32.2 Å². The predicted molar refractivity (Wildman–Crippen MR) is 54.3 cm³/mol. The van der Waals surface area contributed by atoms with Crippen LogP contribution in [0.4, 0.5) is 0 Å². The van der Waals surface area contributed by atoms with E-state index in [4.69, 9.17) is 0 Å². The fourth-order valence-corrected chi connectivity index (χ4v) is 0.677. The molecule has 0 aromatic carbocycles. The summed E-state index contributed by atoms with van der Waals surface area (Å²) < 4.78 is 0. The monoisotopic (exact) mass is 179 g/mol. The SMILES string of the molecule is [13CH3][NH+]=CCCCCN[13CH]=O.[13CH4].[13CH4]. The molecule has 0 aliphatic carbocycles. The van der Waals surface area contributed by atoms with E-state index in [9.17, 15) is 4.79 Å². The van der Waals surface area contributed by atoms with E-state index in [1.165, 1.54) is 0 Å². The maximum atomic E-state index is 9.76. The van der Waals surface area contributed by atoms with E-state index in [-0.39, 0.29) is 14.9 Å². The minimum atomic E-state index is 0. The third-order valence-electron chi connectivity index (χ3n) is 1.21. The lowest BCUT2D eigenvalue weighted by molar-refractivity contribution is -0.415. The lowest BCUT2D eigenvalue weighted by Crippen LogP contribution is -2.62. The van der Waals surface area contributed by atoms with Gasteiger partial charge in [0.05, 0.1) is 0 Å². The standard InChI is InChI=1S/C7H14N2O.2CH4/c1-8-5-3-2-4-6-9-7-10;;/h5,7H,2-4,6H2,1H3,(H,9,10);2*1H4/p+1/i1+1,7+1;2*1+1. The molecule has 0 saturated carbocycles. The van der Waals surface area contributed by atoms with Crippen LogP contribution in [0.25, 0.3) is 0 Å². The lowest BCUT2D eigenvalue weighted by atomic mass is 10.2. The molecule has 0 aromatic heterocycles. The van der Waals surface area contributed by atoms with Crippen molar-refractivity contribution >= 4 is 12.6 Å². The summed E-state index contributed by atoms with van der Waals surface area (Å²) in [6, 6.07) is 0. The largest absolute Gasteiger partial charge is 0.359 e. The van der Waals surface area contributed by atoms with Gasteiger partial charge in [0, 0.05) is 13.0 Å². The van der Waals surface area contributed by atoms with E-state index in [1.54, 1.807) is 0 Å². The van der Waals surface area contributed by atoms with Gasteiger partial charge in [0.15, 0.2) is 0 Å². The number of hydrogen-bond acceptors (Lipinski definition) is 1. The predicted octanol–water partition coefficient (Wildman–Crippen LogP) is -0.0439. The molecule has 3 heteroatoms. The molecular formula is C9H23N2O+. The average molecular weight is 179 g/mol. The van der Waals surface area contributed by atoms with E-state index < -0.39 is 0 Å². The number of nitrogens with one attached hydrogen (secondary N) is 2. The van der Waals surface area contributed by atoms with Crippen LogP contribution in [0, 0.1) is 0 Å². The summed E-state index contributed by atoms with van der Waals surface area (Å²) >= 11 is 0. The zero-order valence-electron chi connectivity index (χ0n) is 6.39. The number of carbonyl (C=O) groups excluding carboxylic acids is 1. The molecule has 12 heavy (non-hydrogen) atoms. The molecular weight excluding hydrogens is 156 g/mol. The first-order chi connectivity index (χ1) is 4.91. The minimum absolute atomic E-state index is 0. The van der Waals surface area contributed by atoms with Gasteiger partial charge >= 0.3 is 0 Å². The fraction of sp³-hybridized carbons (Fsp3) is 0.778. The summed E-state index contributed by atoms with van der Waals surface area (Å²) in [6.45, 7) is 0.793. The Bertz CT molecular complexity index is 103. The molecule has 74 valence electrons. The average Bonchev–Trinajstić information content (AvgIpc) is 1.97.